The van der Waals surface area contributed by atoms with E-state index >= 15 is 0 Å². The van der Waals surface area contributed by atoms with Crippen LogP contribution in [-0.2, 0) is 4.79 Å². The predicted octanol–water partition coefficient (Wildman–Crippen LogP) is 4.42. The Morgan fingerprint density at radius 2 is 1.71 bits per heavy atom. The number of aryl methyl sites for hydroxylation is 2. The van der Waals surface area contributed by atoms with Crippen LogP contribution in [0, 0.1) is 31.3 Å². The lowest BCUT2D eigenvalue weighted by molar-refractivity contribution is -0.115. The van der Waals surface area contributed by atoms with E-state index in [0.717, 1.165) is 35.1 Å². The first-order valence-electron chi connectivity index (χ1n) is 8.38. The molecule has 1 N–H and O–H groups in total. The Morgan fingerprint density at radius 3 is 2.39 bits per heavy atom. The Bertz CT molecular complexity index is 1020. The number of nitrogens with zero attached hydrogens (tertiary/aromatic N) is 3. The van der Waals surface area contributed by atoms with Gasteiger partial charge in [0, 0.05) is 5.69 Å². The van der Waals surface area contributed by atoms with E-state index in [9.17, 15) is 18.0 Å². The van der Waals surface area contributed by atoms with Crippen molar-refractivity contribution in [2.45, 2.75) is 31.2 Å². The average molecular weight is 406 g/mol. The van der Waals surface area contributed by atoms with Crippen molar-refractivity contribution in [3.05, 3.63) is 65.2 Å². The number of anilines is 1. The van der Waals surface area contributed by atoms with E-state index in [2.05, 4.69) is 15.5 Å². The molecule has 0 radical (unpaired) electrons. The molecule has 1 heterocycles. The molecule has 0 saturated carbocycles. The summed E-state index contributed by atoms with van der Waals surface area (Å²) >= 11 is 1.12. The molecule has 0 aliphatic heterocycles. The minimum absolute atomic E-state index is 0.424. The summed E-state index contributed by atoms with van der Waals surface area (Å²) < 4.78 is 41.9. The van der Waals surface area contributed by atoms with Crippen LogP contribution in [0.2, 0.25) is 0 Å². The Labute approximate surface area is 164 Å². The molecule has 28 heavy (non-hydrogen) atoms. The lowest BCUT2D eigenvalue weighted by atomic mass is 10.2. The number of hydrogen-bond donors (Lipinski definition) is 1. The van der Waals surface area contributed by atoms with Gasteiger partial charge in [0.25, 0.3) is 0 Å². The molecule has 0 spiro atoms. The van der Waals surface area contributed by atoms with Crippen LogP contribution in [0.5, 0.6) is 0 Å². The van der Waals surface area contributed by atoms with Crippen LogP contribution in [0.1, 0.15) is 18.3 Å². The van der Waals surface area contributed by atoms with Gasteiger partial charge in [-0.05, 0) is 45.0 Å². The van der Waals surface area contributed by atoms with Crippen LogP contribution in [0.25, 0.3) is 5.69 Å². The number of halogens is 3. The molecule has 5 nitrogen and oxygen atoms in total. The van der Waals surface area contributed by atoms with E-state index in [4.69, 9.17) is 0 Å². The molecule has 1 atom stereocenters. The second kappa shape index (κ2) is 8.05. The van der Waals surface area contributed by atoms with Crippen LogP contribution in [0.3, 0.4) is 0 Å². The predicted molar refractivity (Wildman–Crippen MR) is 101 cm³/mol. The van der Waals surface area contributed by atoms with E-state index < -0.39 is 34.3 Å². The molecular formula is C19H17F3N4OS. The number of amides is 1. The number of carbonyl (C=O) groups excluding carboxylic acids is 1. The Hall–Kier alpha value is -2.81. The van der Waals surface area contributed by atoms with Gasteiger partial charge in [-0.25, -0.2) is 13.2 Å². The molecule has 0 fully saturated rings. The van der Waals surface area contributed by atoms with Gasteiger partial charge < -0.3 is 5.32 Å². The molecule has 146 valence electrons. The number of nitrogens with one attached hydrogen (secondary N) is 1. The maximum Gasteiger partial charge on any atom is 0.237 e. The molecule has 2 aromatic carbocycles. The third kappa shape index (κ3) is 4.04. The van der Waals surface area contributed by atoms with Crippen molar-refractivity contribution in [1.29, 1.82) is 0 Å². The summed E-state index contributed by atoms with van der Waals surface area (Å²) in [7, 11) is 0. The van der Waals surface area contributed by atoms with E-state index in [1.165, 1.54) is 0 Å². The third-order valence-electron chi connectivity index (χ3n) is 4.03. The third-order valence-corrected chi connectivity index (χ3v) is 5.07. The van der Waals surface area contributed by atoms with Crippen molar-refractivity contribution in [3.8, 4) is 5.69 Å². The lowest BCUT2D eigenvalue weighted by Gasteiger charge is -2.14. The number of benzene rings is 2. The van der Waals surface area contributed by atoms with E-state index in [-0.39, 0.29) is 0 Å². The van der Waals surface area contributed by atoms with Crippen molar-refractivity contribution in [3.63, 3.8) is 0 Å². The van der Waals surface area contributed by atoms with Crippen LogP contribution < -0.4 is 5.32 Å². The first kappa shape index (κ1) is 19.9. The van der Waals surface area contributed by atoms with Gasteiger partial charge in [-0.1, -0.05) is 29.5 Å². The highest BCUT2D eigenvalue weighted by molar-refractivity contribution is 8.00. The van der Waals surface area contributed by atoms with Crippen molar-refractivity contribution < 1.29 is 18.0 Å². The van der Waals surface area contributed by atoms with E-state index in [0.29, 0.717) is 11.0 Å². The van der Waals surface area contributed by atoms with Gasteiger partial charge in [0.1, 0.15) is 5.82 Å². The Kier molecular flexibility index (Phi) is 5.73. The summed E-state index contributed by atoms with van der Waals surface area (Å²) in [6.45, 7) is 5.36. The van der Waals surface area contributed by atoms with Crippen molar-refractivity contribution in [2.75, 3.05) is 5.32 Å². The molecule has 0 saturated heterocycles. The van der Waals surface area contributed by atoms with Gasteiger partial charge in [-0.2, -0.15) is 0 Å². The standard InChI is InChI=1S/C19H17F3N4OS/c1-10-4-6-13(7-5-10)26-12(3)24-25-19(26)28-11(2)18(27)23-15-9-8-14(20)16(21)17(15)22/h4-9,11H,1-3H3,(H,23,27)/t11-/m1/s1. The fourth-order valence-corrected chi connectivity index (χ4v) is 3.39. The van der Waals surface area contributed by atoms with Crippen LogP contribution in [-0.4, -0.2) is 25.9 Å². The highest BCUT2D eigenvalue weighted by Crippen LogP contribution is 2.27. The topological polar surface area (TPSA) is 59.8 Å². The van der Waals surface area contributed by atoms with Gasteiger partial charge in [-0.15, -0.1) is 10.2 Å². The number of aromatic nitrogens is 3. The molecule has 0 bridgehead atoms. The molecule has 0 aliphatic carbocycles. The molecule has 3 rings (SSSR count). The van der Waals surface area contributed by atoms with Gasteiger partial charge in [0.2, 0.25) is 5.91 Å². The molecule has 9 heteroatoms. The molecular weight excluding hydrogens is 389 g/mol. The zero-order valence-corrected chi connectivity index (χ0v) is 16.1. The average Bonchev–Trinajstić information content (AvgIpc) is 3.03. The summed E-state index contributed by atoms with van der Waals surface area (Å²) in [6, 6.07) is 9.45. The molecule has 1 amide bonds. The summed E-state index contributed by atoms with van der Waals surface area (Å²) in [4.78, 5) is 12.4. The minimum Gasteiger partial charge on any atom is -0.323 e. The van der Waals surface area contributed by atoms with Crippen molar-refractivity contribution in [1.82, 2.24) is 14.8 Å². The quantitative estimate of drug-likeness (QED) is 0.503. The molecule has 0 aliphatic rings. The minimum atomic E-state index is -1.63. The van der Waals surface area contributed by atoms with E-state index in [1.807, 2.05) is 31.2 Å². The highest BCUT2D eigenvalue weighted by atomic mass is 32.2. The summed E-state index contributed by atoms with van der Waals surface area (Å²) in [5.74, 6) is -4.33. The fourth-order valence-electron chi connectivity index (χ4n) is 2.48. The van der Waals surface area contributed by atoms with Gasteiger partial charge in [-0.3, -0.25) is 9.36 Å². The van der Waals surface area contributed by atoms with Crippen molar-refractivity contribution >= 4 is 23.4 Å². The SMILES string of the molecule is Cc1ccc(-n2c(C)nnc2S[C@H](C)C(=O)Nc2ccc(F)c(F)c2F)cc1. The second-order valence-corrected chi connectivity index (χ2v) is 7.48. The summed E-state index contributed by atoms with van der Waals surface area (Å²) in [5, 5.41) is 10.2. The highest BCUT2D eigenvalue weighted by Gasteiger charge is 2.22. The first-order chi connectivity index (χ1) is 13.3. The van der Waals surface area contributed by atoms with Gasteiger partial charge in [0.15, 0.2) is 22.6 Å². The molecule has 0 unspecified atom stereocenters. The zero-order valence-electron chi connectivity index (χ0n) is 15.3. The van der Waals surface area contributed by atoms with Crippen LogP contribution in [0.4, 0.5) is 18.9 Å². The largest absolute Gasteiger partial charge is 0.323 e. The number of hydrogen-bond acceptors (Lipinski definition) is 4. The monoisotopic (exact) mass is 406 g/mol. The number of rotatable bonds is 5. The lowest BCUT2D eigenvalue weighted by Crippen LogP contribution is -2.23. The van der Waals surface area contributed by atoms with Crippen molar-refractivity contribution in [2.24, 2.45) is 0 Å². The summed E-state index contributed by atoms with van der Waals surface area (Å²) in [5.41, 5.74) is 1.52. The van der Waals surface area contributed by atoms with Crippen LogP contribution in [0.15, 0.2) is 41.6 Å². The summed E-state index contributed by atoms with van der Waals surface area (Å²) in [6.07, 6.45) is 0. The molecule has 3 aromatic rings. The van der Waals surface area contributed by atoms with Gasteiger partial charge in [0.05, 0.1) is 10.9 Å². The second-order valence-electron chi connectivity index (χ2n) is 6.17. The number of thioether (sulfide) groups is 1. The zero-order chi connectivity index (χ0) is 20.4. The Balaban J connectivity index is 1.78. The van der Waals surface area contributed by atoms with Gasteiger partial charge >= 0.3 is 0 Å². The Morgan fingerprint density at radius 1 is 1.04 bits per heavy atom. The first-order valence-corrected chi connectivity index (χ1v) is 9.26. The normalized spacial score (nSPS) is 12.1. The maximum atomic E-state index is 13.8. The van der Waals surface area contributed by atoms with Crippen LogP contribution >= 0.6 is 11.8 Å². The number of carbonyl (C=O) groups is 1. The maximum absolute atomic E-state index is 13.8. The molecule has 1 aromatic heterocycles. The fraction of sp³-hybridized carbons (Fsp3) is 0.211. The van der Waals surface area contributed by atoms with E-state index in [1.54, 1.807) is 18.4 Å². The smallest absolute Gasteiger partial charge is 0.237 e.